The number of nitrogens with one attached hydrogen (secondary N) is 1. The van der Waals surface area contributed by atoms with Crippen LogP contribution in [-0.4, -0.2) is 4.98 Å². The Labute approximate surface area is 92.2 Å². The van der Waals surface area contributed by atoms with E-state index in [0.717, 1.165) is 5.69 Å². The molecule has 0 saturated carbocycles. The summed E-state index contributed by atoms with van der Waals surface area (Å²) >= 11 is 0. The number of rotatable bonds is 4. The van der Waals surface area contributed by atoms with Gasteiger partial charge in [-0.25, -0.2) is 0 Å². The van der Waals surface area contributed by atoms with Crippen molar-refractivity contribution in [3.8, 4) is 0 Å². The Hall–Kier alpha value is -1.50. The van der Waals surface area contributed by atoms with Crippen molar-refractivity contribution in [3.63, 3.8) is 0 Å². The van der Waals surface area contributed by atoms with E-state index in [0.29, 0.717) is 5.92 Å². The van der Waals surface area contributed by atoms with Crippen LogP contribution in [0.4, 0.5) is 0 Å². The molecule has 1 aromatic rings. The van der Waals surface area contributed by atoms with Crippen molar-refractivity contribution in [2.75, 3.05) is 0 Å². The predicted octanol–water partition coefficient (Wildman–Crippen LogP) is 4.28. The normalized spacial score (nSPS) is 12.7. The first-order valence-corrected chi connectivity index (χ1v) is 5.33. The SMILES string of the molecule is C=C/C=C(\C=C/C)c1ccc(C(C)C)[nH]1. The van der Waals surface area contributed by atoms with Gasteiger partial charge in [0.2, 0.25) is 0 Å². The first kappa shape index (κ1) is 11.6. The molecule has 1 heteroatoms. The molecule has 0 atom stereocenters. The average Bonchev–Trinajstić information content (AvgIpc) is 2.66. The molecule has 0 saturated heterocycles. The smallest absolute Gasteiger partial charge is 0.0456 e. The Morgan fingerprint density at radius 2 is 2.13 bits per heavy atom. The molecule has 1 rings (SSSR count). The zero-order valence-corrected chi connectivity index (χ0v) is 9.75. The second-order valence-corrected chi connectivity index (χ2v) is 3.84. The molecule has 0 aliphatic rings. The molecular weight excluding hydrogens is 182 g/mol. The standard InChI is InChI=1S/C14H19N/c1-5-7-12(8-6-2)14-10-9-13(15-14)11(3)4/h5-11,15H,1H2,2-4H3/b8-6-,12-7+. The predicted molar refractivity (Wildman–Crippen MR) is 67.9 cm³/mol. The highest BCUT2D eigenvalue weighted by Crippen LogP contribution is 2.19. The first-order chi connectivity index (χ1) is 7.19. The van der Waals surface area contributed by atoms with E-state index in [4.69, 9.17) is 0 Å². The lowest BCUT2D eigenvalue weighted by Gasteiger charge is -2.01. The maximum absolute atomic E-state index is 3.73. The first-order valence-electron chi connectivity index (χ1n) is 5.33. The van der Waals surface area contributed by atoms with Crippen LogP contribution < -0.4 is 0 Å². The van der Waals surface area contributed by atoms with Gasteiger partial charge in [0.05, 0.1) is 0 Å². The van der Waals surface area contributed by atoms with Gasteiger partial charge in [-0.05, 0) is 30.5 Å². The van der Waals surface area contributed by atoms with Crippen LogP contribution in [0.1, 0.15) is 38.1 Å². The molecule has 0 aliphatic heterocycles. The van der Waals surface area contributed by atoms with Crippen LogP contribution in [0.15, 0.2) is 43.0 Å². The summed E-state index contributed by atoms with van der Waals surface area (Å²) in [6, 6.07) is 4.26. The third kappa shape index (κ3) is 2.98. The maximum atomic E-state index is 3.73. The molecule has 0 aromatic carbocycles. The lowest BCUT2D eigenvalue weighted by Crippen LogP contribution is -1.88. The van der Waals surface area contributed by atoms with Crippen LogP contribution in [0.25, 0.3) is 5.57 Å². The Balaban J connectivity index is 3.02. The summed E-state index contributed by atoms with van der Waals surface area (Å²) in [4.78, 5) is 3.42. The molecule has 0 fully saturated rings. The number of aromatic nitrogens is 1. The van der Waals surface area contributed by atoms with Crippen LogP contribution in [0.3, 0.4) is 0 Å². The van der Waals surface area contributed by atoms with E-state index in [1.165, 1.54) is 11.3 Å². The molecule has 0 bridgehead atoms. The minimum absolute atomic E-state index is 0.536. The highest BCUT2D eigenvalue weighted by Gasteiger charge is 2.04. The lowest BCUT2D eigenvalue weighted by molar-refractivity contribution is 0.831. The van der Waals surface area contributed by atoms with E-state index in [9.17, 15) is 0 Å². The van der Waals surface area contributed by atoms with Gasteiger partial charge in [0, 0.05) is 11.4 Å². The monoisotopic (exact) mass is 201 g/mol. The molecule has 0 amide bonds. The van der Waals surface area contributed by atoms with Crippen molar-refractivity contribution in [2.24, 2.45) is 0 Å². The van der Waals surface area contributed by atoms with Gasteiger partial charge < -0.3 is 4.98 Å². The fourth-order valence-electron chi connectivity index (χ4n) is 1.46. The highest BCUT2D eigenvalue weighted by molar-refractivity contribution is 5.73. The summed E-state index contributed by atoms with van der Waals surface area (Å²) in [6.07, 6.45) is 7.93. The second-order valence-electron chi connectivity index (χ2n) is 3.84. The summed E-state index contributed by atoms with van der Waals surface area (Å²) in [5, 5.41) is 0. The molecule has 0 unspecified atom stereocenters. The Bertz CT molecular complexity index is 378. The molecule has 0 spiro atoms. The van der Waals surface area contributed by atoms with Crippen molar-refractivity contribution < 1.29 is 0 Å². The lowest BCUT2D eigenvalue weighted by atomic mass is 10.1. The van der Waals surface area contributed by atoms with Gasteiger partial charge in [-0.1, -0.05) is 44.7 Å². The molecule has 1 heterocycles. The van der Waals surface area contributed by atoms with Crippen LogP contribution in [0.2, 0.25) is 0 Å². The Morgan fingerprint density at radius 1 is 1.40 bits per heavy atom. The molecule has 15 heavy (non-hydrogen) atoms. The van der Waals surface area contributed by atoms with Crippen molar-refractivity contribution in [2.45, 2.75) is 26.7 Å². The molecule has 1 N–H and O–H groups in total. The van der Waals surface area contributed by atoms with Gasteiger partial charge in [0.25, 0.3) is 0 Å². The van der Waals surface area contributed by atoms with E-state index < -0.39 is 0 Å². The van der Waals surface area contributed by atoms with Crippen LogP contribution >= 0.6 is 0 Å². The van der Waals surface area contributed by atoms with Gasteiger partial charge in [-0.3, -0.25) is 0 Å². The second kappa shape index (κ2) is 5.40. The van der Waals surface area contributed by atoms with E-state index in [1.54, 1.807) is 0 Å². The quantitative estimate of drug-likeness (QED) is 0.700. The third-order valence-electron chi connectivity index (χ3n) is 2.29. The summed E-state index contributed by atoms with van der Waals surface area (Å²) in [7, 11) is 0. The minimum Gasteiger partial charge on any atom is -0.358 e. The topological polar surface area (TPSA) is 15.8 Å². The number of hydrogen-bond donors (Lipinski definition) is 1. The number of hydrogen-bond acceptors (Lipinski definition) is 0. The van der Waals surface area contributed by atoms with Gasteiger partial charge in [0.1, 0.15) is 0 Å². The number of H-pyrrole nitrogens is 1. The molecule has 0 aliphatic carbocycles. The average molecular weight is 201 g/mol. The van der Waals surface area contributed by atoms with Crippen LogP contribution in [0, 0.1) is 0 Å². The fourth-order valence-corrected chi connectivity index (χ4v) is 1.46. The van der Waals surface area contributed by atoms with E-state index >= 15 is 0 Å². The number of allylic oxidation sites excluding steroid dienone is 5. The Morgan fingerprint density at radius 3 is 2.60 bits per heavy atom. The summed E-state index contributed by atoms with van der Waals surface area (Å²) < 4.78 is 0. The summed E-state index contributed by atoms with van der Waals surface area (Å²) in [5.41, 5.74) is 3.58. The highest BCUT2D eigenvalue weighted by atomic mass is 14.7. The van der Waals surface area contributed by atoms with Gasteiger partial charge in [0.15, 0.2) is 0 Å². The van der Waals surface area contributed by atoms with Crippen LogP contribution in [0.5, 0.6) is 0 Å². The van der Waals surface area contributed by atoms with Gasteiger partial charge >= 0.3 is 0 Å². The van der Waals surface area contributed by atoms with E-state index in [1.807, 2.05) is 25.2 Å². The van der Waals surface area contributed by atoms with Crippen molar-refractivity contribution in [1.29, 1.82) is 0 Å². The number of aromatic amines is 1. The Kier molecular flexibility index (Phi) is 4.17. The van der Waals surface area contributed by atoms with E-state index in [-0.39, 0.29) is 0 Å². The largest absolute Gasteiger partial charge is 0.358 e. The molecule has 1 nitrogen and oxygen atoms in total. The van der Waals surface area contributed by atoms with Crippen molar-refractivity contribution in [1.82, 2.24) is 4.98 Å². The molecule has 80 valence electrons. The summed E-state index contributed by atoms with van der Waals surface area (Å²) in [5.74, 6) is 0.536. The zero-order chi connectivity index (χ0) is 11.3. The van der Waals surface area contributed by atoms with Gasteiger partial charge in [-0.15, -0.1) is 0 Å². The zero-order valence-electron chi connectivity index (χ0n) is 9.75. The maximum Gasteiger partial charge on any atom is 0.0456 e. The van der Waals surface area contributed by atoms with Gasteiger partial charge in [-0.2, -0.15) is 0 Å². The third-order valence-corrected chi connectivity index (χ3v) is 2.29. The molecular formula is C14H19N. The van der Waals surface area contributed by atoms with Crippen molar-refractivity contribution in [3.05, 3.63) is 54.4 Å². The minimum atomic E-state index is 0.536. The molecule has 1 aromatic heterocycles. The van der Waals surface area contributed by atoms with Crippen LogP contribution in [-0.2, 0) is 0 Å². The van der Waals surface area contributed by atoms with Crippen molar-refractivity contribution >= 4 is 5.57 Å². The fraction of sp³-hybridized carbons (Fsp3) is 0.286. The molecule has 0 radical (unpaired) electrons. The summed E-state index contributed by atoms with van der Waals surface area (Å²) in [6.45, 7) is 10.1. The van der Waals surface area contributed by atoms with E-state index in [2.05, 4.69) is 43.6 Å².